The lowest BCUT2D eigenvalue weighted by Crippen LogP contribution is -2.02. The number of hydrogen-bond acceptors (Lipinski definition) is 2. The van der Waals surface area contributed by atoms with Crippen molar-refractivity contribution in [1.82, 2.24) is 0 Å². The summed E-state index contributed by atoms with van der Waals surface area (Å²) in [7, 11) is 1.63. The average Bonchev–Trinajstić information content (AvgIpc) is 2.35. The Morgan fingerprint density at radius 3 is 2.68 bits per heavy atom. The van der Waals surface area contributed by atoms with Crippen LogP contribution in [0.15, 0.2) is 36.4 Å². The zero-order chi connectivity index (χ0) is 13.8. The summed E-state index contributed by atoms with van der Waals surface area (Å²) in [5.74, 6) is 0.451. The summed E-state index contributed by atoms with van der Waals surface area (Å²) in [4.78, 5) is 0. The molecule has 19 heavy (non-hydrogen) atoms. The van der Waals surface area contributed by atoms with Crippen LogP contribution in [0.25, 0.3) is 0 Å². The molecule has 0 unspecified atom stereocenters. The molecule has 0 aromatic heterocycles. The molecule has 0 amide bonds. The highest BCUT2D eigenvalue weighted by molar-refractivity contribution is 6.30. The van der Waals surface area contributed by atoms with Gasteiger partial charge in [0.2, 0.25) is 0 Å². The molecule has 2 aromatic carbocycles. The van der Waals surface area contributed by atoms with E-state index in [0.29, 0.717) is 17.3 Å². The molecule has 1 N–H and O–H groups in total. The highest BCUT2D eigenvalue weighted by atomic mass is 35.5. The van der Waals surface area contributed by atoms with E-state index in [4.69, 9.17) is 16.3 Å². The number of aryl methyl sites for hydroxylation is 1. The number of halogens is 2. The molecule has 100 valence electrons. The third kappa shape index (κ3) is 3.61. The fraction of sp³-hybridized carbons (Fsp3) is 0.200. The predicted octanol–water partition coefficient (Wildman–Crippen LogP) is 4.41. The normalized spacial score (nSPS) is 10.3. The van der Waals surface area contributed by atoms with Crippen molar-refractivity contribution >= 4 is 17.3 Å². The Kier molecular flexibility index (Phi) is 4.27. The van der Waals surface area contributed by atoms with E-state index in [2.05, 4.69) is 5.32 Å². The van der Waals surface area contributed by atoms with Crippen LogP contribution in [0.3, 0.4) is 0 Å². The molecule has 0 spiro atoms. The zero-order valence-electron chi connectivity index (χ0n) is 10.8. The molecule has 0 atom stereocenters. The lowest BCUT2D eigenvalue weighted by atomic mass is 10.1. The monoisotopic (exact) mass is 279 g/mol. The quantitative estimate of drug-likeness (QED) is 0.895. The molecule has 0 aliphatic carbocycles. The second-order valence-electron chi connectivity index (χ2n) is 4.33. The lowest BCUT2D eigenvalue weighted by Gasteiger charge is -2.12. The van der Waals surface area contributed by atoms with Crippen LogP contribution < -0.4 is 10.1 Å². The van der Waals surface area contributed by atoms with Crippen molar-refractivity contribution in [3.8, 4) is 5.75 Å². The summed E-state index contributed by atoms with van der Waals surface area (Å²) in [6, 6.07) is 10.3. The summed E-state index contributed by atoms with van der Waals surface area (Å²) in [6.07, 6.45) is 0. The molecular formula is C15H15ClFNO. The zero-order valence-corrected chi connectivity index (χ0v) is 11.6. The van der Waals surface area contributed by atoms with Crippen LogP contribution in [0.5, 0.6) is 5.75 Å². The van der Waals surface area contributed by atoms with Crippen LogP contribution in [-0.4, -0.2) is 7.11 Å². The molecule has 0 radical (unpaired) electrons. The number of anilines is 1. The van der Waals surface area contributed by atoms with Gasteiger partial charge < -0.3 is 10.1 Å². The van der Waals surface area contributed by atoms with Gasteiger partial charge in [-0.3, -0.25) is 0 Å². The standard InChI is InChI=1S/C15H15ClFNO/c1-10-3-4-15(19-2)11(5-10)9-18-14-7-12(16)6-13(17)8-14/h3-8,18H,9H2,1-2H3. The Morgan fingerprint density at radius 2 is 2.00 bits per heavy atom. The number of ether oxygens (including phenoxy) is 1. The van der Waals surface area contributed by atoms with Gasteiger partial charge in [-0.1, -0.05) is 29.3 Å². The Bertz CT molecular complexity index is 566. The summed E-state index contributed by atoms with van der Waals surface area (Å²) in [5, 5.41) is 3.51. The summed E-state index contributed by atoms with van der Waals surface area (Å²) < 4.78 is 18.5. The van der Waals surface area contributed by atoms with Crippen LogP contribution in [-0.2, 0) is 6.54 Å². The van der Waals surface area contributed by atoms with Gasteiger partial charge in [0.15, 0.2) is 0 Å². The van der Waals surface area contributed by atoms with Crippen molar-refractivity contribution in [3.05, 3.63) is 58.4 Å². The minimum atomic E-state index is -0.355. The van der Waals surface area contributed by atoms with Crippen LogP contribution >= 0.6 is 11.6 Å². The summed E-state index contributed by atoms with van der Waals surface area (Å²) >= 11 is 5.81. The van der Waals surface area contributed by atoms with E-state index in [0.717, 1.165) is 16.9 Å². The van der Waals surface area contributed by atoms with Gasteiger partial charge in [-0.25, -0.2) is 4.39 Å². The Labute approximate surface area is 117 Å². The molecule has 4 heteroatoms. The van der Waals surface area contributed by atoms with Crippen molar-refractivity contribution in [3.63, 3.8) is 0 Å². The first-order chi connectivity index (χ1) is 9.08. The Balaban J connectivity index is 2.16. The maximum atomic E-state index is 13.2. The maximum absolute atomic E-state index is 13.2. The third-order valence-corrected chi connectivity index (χ3v) is 3.00. The van der Waals surface area contributed by atoms with Gasteiger partial charge in [0.05, 0.1) is 7.11 Å². The highest BCUT2D eigenvalue weighted by Crippen LogP contribution is 2.23. The van der Waals surface area contributed by atoms with E-state index in [1.807, 2.05) is 25.1 Å². The van der Waals surface area contributed by atoms with Crippen LogP contribution in [0, 0.1) is 12.7 Å². The maximum Gasteiger partial charge on any atom is 0.126 e. The van der Waals surface area contributed by atoms with Gasteiger partial charge in [-0.15, -0.1) is 0 Å². The van der Waals surface area contributed by atoms with Gasteiger partial charge in [0.1, 0.15) is 11.6 Å². The highest BCUT2D eigenvalue weighted by Gasteiger charge is 2.04. The summed E-state index contributed by atoms with van der Waals surface area (Å²) in [5.41, 5.74) is 2.81. The first-order valence-corrected chi connectivity index (χ1v) is 6.30. The molecule has 2 rings (SSSR count). The van der Waals surface area contributed by atoms with Gasteiger partial charge in [-0.2, -0.15) is 0 Å². The largest absolute Gasteiger partial charge is 0.496 e. The minimum Gasteiger partial charge on any atom is -0.496 e. The van der Waals surface area contributed by atoms with E-state index in [9.17, 15) is 4.39 Å². The van der Waals surface area contributed by atoms with E-state index in [-0.39, 0.29) is 5.82 Å². The molecule has 0 aliphatic rings. The fourth-order valence-corrected chi connectivity index (χ4v) is 2.12. The second kappa shape index (κ2) is 5.93. The molecule has 2 nitrogen and oxygen atoms in total. The van der Waals surface area contributed by atoms with Crippen molar-refractivity contribution in [2.24, 2.45) is 0 Å². The second-order valence-corrected chi connectivity index (χ2v) is 4.76. The average molecular weight is 280 g/mol. The Morgan fingerprint density at radius 1 is 1.21 bits per heavy atom. The summed E-state index contributed by atoms with van der Waals surface area (Å²) in [6.45, 7) is 2.56. The van der Waals surface area contributed by atoms with Crippen molar-refractivity contribution < 1.29 is 9.13 Å². The molecule has 2 aromatic rings. The van der Waals surface area contributed by atoms with E-state index in [1.54, 1.807) is 13.2 Å². The van der Waals surface area contributed by atoms with E-state index < -0.39 is 0 Å². The number of rotatable bonds is 4. The molecule has 0 heterocycles. The van der Waals surface area contributed by atoms with E-state index >= 15 is 0 Å². The van der Waals surface area contributed by atoms with Crippen molar-refractivity contribution in [2.45, 2.75) is 13.5 Å². The number of nitrogens with one attached hydrogen (secondary N) is 1. The van der Waals surface area contributed by atoms with Crippen LogP contribution in [0.2, 0.25) is 5.02 Å². The number of benzene rings is 2. The molecular weight excluding hydrogens is 265 g/mol. The number of hydrogen-bond donors (Lipinski definition) is 1. The van der Waals surface area contributed by atoms with Gasteiger partial charge >= 0.3 is 0 Å². The van der Waals surface area contributed by atoms with Crippen LogP contribution in [0.4, 0.5) is 10.1 Å². The smallest absolute Gasteiger partial charge is 0.126 e. The third-order valence-electron chi connectivity index (χ3n) is 2.78. The van der Waals surface area contributed by atoms with Crippen molar-refractivity contribution in [1.29, 1.82) is 0 Å². The van der Waals surface area contributed by atoms with Crippen LogP contribution in [0.1, 0.15) is 11.1 Å². The first kappa shape index (κ1) is 13.7. The topological polar surface area (TPSA) is 21.3 Å². The molecule has 0 saturated carbocycles. The van der Waals surface area contributed by atoms with Gasteiger partial charge in [-0.05, 0) is 31.2 Å². The predicted molar refractivity (Wildman–Crippen MR) is 76.5 cm³/mol. The SMILES string of the molecule is COc1ccc(C)cc1CNc1cc(F)cc(Cl)c1. The molecule has 0 saturated heterocycles. The van der Waals surface area contributed by atoms with E-state index in [1.165, 1.54) is 12.1 Å². The molecule has 0 fully saturated rings. The lowest BCUT2D eigenvalue weighted by molar-refractivity contribution is 0.410. The molecule has 0 aliphatic heterocycles. The van der Waals surface area contributed by atoms with Gasteiger partial charge in [0, 0.05) is 22.8 Å². The first-order valence-electron chi connectivity index (χ1n) is 5.92. The Hall–Kier alpha value is -1.74. The number of methoxy groups -OCH3 is 1. The van der Waals surface area contributed by atoms with Gasteiger partial charge in [0.25, 0.3) is 0 Å². The molecule has 0 bridgehead atoms. The minimum absolute atomic E-state index is 0.355. The van der Waals surface area contributed by atoms with Crippen molar-refractivity contribution in [2.75, 3.05) is 12.4 Å². The fourth-order valence-electron chi connectivity index (χ4n) is 1.90.